The molecular weight excluding hydrogens is 260 g/mol. The van der Waals surface area contributed by atoms with Gasteiger partial charge < -0.3 is 10.6 Å². The van der Waals surface area contributed by atoms with E-state index >= 15 is 0 Å². The zero-order chi connectivity index (χ0) is 15.1. The molecule has 2 rings (SSSR count). The number of aryl methyl sites for hydroxylation is 2. The Hall–Kier alpha value is -2.29. The summed E-state index contributed by atoms with van der Waals surface area (Å²) in [6.45, 7) is 4.42. The molecule has 0 unspecified atom stereocenters. The number of para-hydroxylation sites is 1. The lowest BCUT2D eigenvalue weighted by Gasteiger charge is -2.10. The van der Waals surface area contributed by atoms with Gasteiger partial charge in [0.25, 0.3) is 0 Å². The van der Waals surface area contributed by atoms with Gasteiger partial charge in [-0.05, 0) is 42.7 Å². The first kappa shape index (κ1) is 15.1. The maximum absolute atomic E-state index is 11.9. The van der Waals surface area contributed by atoms with Gasteiger partial charge in [-0.25, -0.2) is 0 Å². The predicted molar refractivity (Wildman–Crippen MR) is 88.7 cm³/mol. The van der Waals surface area contributed by atoms with E-state index < -0.39 is 0 Å². The monoisotopic (exact) mass is 282 g/mol. The Morgan fingerprint density at radius 2 is 1.76 bits per heavy atom. The maximum Gasteiger partial charge on any atom is 0.243 e. The molecule has 2 aromatic rings. The second-order valence-corrected chi connectivity index (χ2v) is 5.16. The van der Waals surface area contributed by atoms with Crippen LogP contribution in [0.4, 0.5) is 11.4 Å². The van der Waals surface area contributed by atoms with Crippen LogP contribution in [0.15, 0.2) is 48.5 Å². The molecule has 3 nitrogen and oxygen atoms in total. The minimum Gasteiger partial charge on any atom is -0.376 e. The number of rotatable bonds is 6. The van der Waals surface area contributed by atoms with E-state index in [9.17, 15) is 4.79 Å². The van der Waals surface area contributed by atoms with Crippen molar-refractivity contribution in [3.05, 3.63) is 59.7 Å². The molecule has 21 heavy (non-hydrogen) atoms. The molecular formula is C18H22N2O. The number of carbonyl (C=O) groups excluding carboxylic acids is 1. The van der Waals surface area contributed by atoms with Crippen molar-refractivity contribution in [1.29, 1.82) is 0 Å². The quantitative estimate of drug-likeness (QED) is 0.841. The Morgan fingerprint density at radius 1 is 1.05 bits per heavy atom. The summed E-state index contributed by atoms with van der Waals surface area (Å²) in [5, 5.41) is 6.05. The summed E-state index contributed by atoms with van der Waals surface area (Å²) in [5.41, 5.74) is 4.22. The van der Waals surface area contributed by atoms with Gasteiger partial charge in [-0.3, -0.25) is 4.79 Å². The molecule has 0 aromatic heterocycles. The van der Waals surface area contributed by atoms with Crippen molar-refractivity contribution in [3.63, 3.8) is 0 Å². The van der Waals surface area contributed by atoms with Crippen molar-refractivity contribution in [1.82, 2.24) is 0 Å². The molecule has 0 saturated carbocycles. The SMILES string of the molecule is CCCc1ccc(NCC(=O)Nc2ccccc2C)cc1. The first-order valence-corrected chi connectivity index (χ1v) is 7.37. The molecule has 0 bridgehead atoms. The van der Waals surface area contributed by atoms with Crippen molar-refractivity contribution >= 4 is 17.3 Å². The minimum absolute atomic E-state index is 0.0399. The van der Waals surface area contributed by atoms with Gasteiger partial charge in [0.15, 0.2) is 0 Å². The van der Waals surface area contributed by atoms with Crippen LogP contribution >= 0.6 is 0 Å². The van der Waals surface area contributed by atoms with Gasteiger partial charge in [0, 0.05) is 11.4 Å². The fraction of sp³-hybridized carbons (Fsp3) is 0.278. The lowest BCUT2D eigenvalue weighted by Crippen LogP contribution is -2.22. The zero-order valence-corrected chi connectivity index (χ0v) is 12.6. The lowest BCUT2D eigenvalue weighted by molar-refractivity contribution is -0.114. The van der Waals surface area contributed by atoms with Gasteiger partial charge >= 0.3 is 0 Å². The molecule has 0 spiro atoms. The Labute approximate surface area is 126 Å². The highest BCUT2D eigenvalue weighted by Crippen LogP contribution is 2.13. The Kier molecular flexibility index (Phi) is 5.38. The highest BCUT2D eigenvalue weighted by molar-refractivity contribution is 5.94. The van der Waals surface area contributed by atoms with E-state index in [1.165, 1.54) is 5.56 Å². The van der Waals surface area contributed by atoms with Crippen LogP contribution in [0.3, 0.4) is 0 Å². The molecule has 0 fully saturated rings. The van der Waals surface area contributed by atoms with E-state index in [0.717, 1.165) is 29.8 Å². The molecule has 0 aliphatic rings. The third-order valence-electron chi connectivity index (χ3n) is 3.36. The Morgan fingerprint density at radius 3 is 2.43 bits per heavy atom. The molecule has 110 valence electrons. The molecule has 0 heterocycles. The fourth-order valence-corrected chi connectivity index (χ4v) is 2.17. The second kappa shape index (κ2) is 7.48. The van der Waals surface area contributed by atoms with Crippen molar-refractivity contribution in [3.8, 4) is 0 Å². The minimum atomic E-state index is -0.0399. The summed E-state index contributed by atoms with van der Waals surface area (Å²) < 4.78 is 0. The van der Waals surface area contributed by atoms with Gasteiger partial charge in [-0.2, -0.15) is 0 Å². The van der Waals surface area contributed by atoms with E-state index in [2.05, 4.69) is 29.7 Å². The lowest BCUT2D eigenvalue weighted by atomic mass is 10.1. The third kappa shape index (κ3) is 4.63. The summed E-state index contributed by atoms with van der Waals surface area (Å²) in [6, 6.07) is 16.0. The van der Waals surface area contributed by atoms with Crippen LogP contribution in [0, 0.1) is 6.92 Å². The summed E-state index contributed by atoms with van der Waals surface area (Å²) in [4.78, 5) is 11.9. The molecule has 0 saturated heterocycles. The van der Waals surface area contributed by atoms with Crippen molar-refractivity contribution in [2.24, 2.45) is 0 Å². The summed E-state index contributed by atoms with van der Waals surface area (Å²) >= 11 is 0. The van der Waals surface area contributed by atoms with Crippen LogP contribution in [0.25, 0.3) is 0 Å². The first-order valence-electron chi connectivity index (χ1n) is 7.37. The van der Waals surface area contributed by atoms with E-state index in [4.69, 9.17) is 0 Å². The summed E-state index contributed by atoms with van der Waals surface area (Å²) in [5.74, 6) is -0.0399. The molecule has 0 aliphatic carbocycles. The number of hydrogen-bond donors (Lipinski definition) is 2. The average Bonchev–Trinajstić information content (AvgIpc) is 2.49. The Balaban J connectivity index is 1.85. The Bertz CT molecular complexity index is 590. The van der Waals surface area contributed by atoms with Gasteiger partial charge in [0.2, 0.25) is 5.91 Å². The van der Waals surface area contributed by atoms with E-state index in [1.807, 2.05) is 43.3 Å². The standard InChI is InChI=1S/C18H22N2O/c1-3-6-15-9-11-16(12-10-15)19-13-18(21)20-17-8-5-4-7-14(17)2/h4-5,7-12,19H,3,6,13H2,1-2H3,(H,20,21). The van der Waals surface area contributed by atoms with E-state index in [-0.39, 0.29) is 12.5 Å². The average molecular weight is 282 g/mol. The molecule has 1 amide bonds. The number of carbonyl (C=O) groups is 1. The van der Waals surface area contributed by atoms with Gasteiger partial charge in [0.05, 0.1) is 6.54 Å². The number of amides is 1. The van der Waals surface area contributed by atoms with Crippen LogP contribution in [0.2, 0.25) is 0 Å². The molecule has 0 radical (unpaired) electrons. The predicted octanol–water partition coefficient (Wildman–Crippen LogP) is 4.00. The molecule has 0 atom stereocenters. The third-order valence-corrected chi connectivity index (χ3v) is 3.36. The van der Waals surface area contributed by atoms with Gasteiger partial charge in [-0.1, -0.05) is 43.7 Å². The number of nitrogens with one attached hydrogen (secondary N) is 2. The van der Waals surface area contributed by atoms with Crippen LogP contribution in [-0.2, 0) is 11.2 Å². The van der Waals surface area contributed by atoms with Crippen LogP contribution < -0.4 is 10.6 Å². The number of benzene rings is 2. The van der Waals surface area contributed by atoms with Gasteiger partial charge in [-0.15, -0.1) is 0 Å². The number of anilines is 2. The van der Waals surface area contributed by atoms with E-state index in [0.29, 0.717) is 0 Å². The molecule has 2 N–H and O–H groups in total. The first-order chi connectivity index (χ1) is 10.2. The van der Waals surface area contributed by atoms with E-state index in [1.54, 1.807) is 0 Å². The molecule has 2 aromatic carbocycles. The molecule has 3 heteroatoms. The maximum atomic E-state index is 11.9. The highest BCUT2D eigenvalue weighted by Gasteiger charge is 2.04. The smallest absolute Gasteiger partial charge is 0.243 e. The van der Waals surface area contributed by atoms with Crippen molar-refractivity contribution < 1.29 is 4.79 Å². The highest BCUT2D eigenvalue weighted by atomic mass is 16.1. The van der Waals surface area contributed by atoms with Crippen LogP contribution in [0.5, 0.6) is 0 Å². The zero-order valence-electron chi connectivity index (χ0n) is 12.6. The summed E-state index contributed by atoms with van der Waals surface area (Å²) in [6.07, 6.45) is 2.24. The van der Waals surface area contributed by atoms with Crippen molar-refractivity contribution in [2.75, 3.05) is 17.2 Å². The topological polar surface area (TPSA) is 41.1 Å². The fourth-order valence-electron chi connectivity index (χ4n) is 2.17. The number of hydrogen-bond acceptors (Lipinski definition) is 2. The molecule has 0 aliphatic heterocycles. The second-order valence-electron chi connectivity index (χ2n) is 5.16. The van der Waals surface area contributed by atoms with Crippen molar-refractivity contribution in [2.45, 2.75) is 26.7 Å². The van der Waals surface area contributed by atoms with Gasteiger partial charge in [0.1, 0.15) is 0 Å². The van der Waals surface area contributed by atoms with Crippen LogP contribution in [-0.4, -0.2) is 12.5 Å². The van der Waals surface area contributed by atoms with Crippen LogP contribution in [0.1, 0.15) is 24.5 Å². The summed E-state index contributed by atoms with van der Waals surface area (Å²) in [7, 11) is 0. The largest absolute Gasteiger partial charge is 0.376 e. The normalized spacial score (nSPS) is 10.2.